The van der Waals surface area contributed by atoms with Crippen LogP contribution < -0.4 is 5.32 Å². The van der Waals surface area contributed by atoms with Gasteiger partial charge in [-0.05, 0) is 37.0 Å². The van der Waals surface area contributed by atoms with Crippen molar-refractivity contribution in [3.63, 3.8) is 0 Å². The molecule has 1 aliphatic heterocycles. The first-order chi connectivity index (χ1) is 9.88. The van der Waals surface area contributed by atoms with Crippen molar-refractivity contribution in [1.82, 2.24) is 10.2 Å². The maximum absolute atomic E-state index is 12.6. The molecule has 2 N–H and O–H groups in total. The molecule has 5 heteroatoms. The lowest BCUT2D eigenvalue weighted by Crippen LogP contribution is -2.62. The molecule has 1 aliphatic rings. The monoisotopic (exact) mass is 290 g/mol. The quantitative estimate of drug-likeness (QED) is 0.886. The summed E-state index contributed by atoms with van der Waals surface area (Å²) in [6.07, 6.45) is 0.642. The van der Waals surface area contributed by atoms with E-state index in [-0.39, 0.29) is 17.6 Å². The maximum atomic E-state index is 12.6. The van der Waals surface area contributed by atoms with E-state index in [1.165, 1.54) is 0 Å². The lowest BCUT2D eigenvalue weighted by molar-refractivity contribution is -0.149. The molecule has 114 valence electrons. The molecule has 1 heterocycles. The number of nitrogens with one attached hydrogen (secondary N) is 1. The van der Waals surface area contributed by atoms with Gasteiger partial charge in [-0.25, -0.2) is 0 Å². The highest BCUT2D eigenvalue weighted by atomic mass is 16.3. The minimum absolute atomic E-state index is 0.0381. The first-order valence-corrected chi connectivity index (χ1v) is 7.27. The van der Waals surface area contributed by atoms with E-state index in [0.29, 0.717) is 18.9 Å². The number of hydrogen-bond acceptors (Lipinski definition) is 3. The van der Waals surface area contributed by atoms with Gasteiger partial charge in [-0.2, -0.15) is 0 Å². The Balaban J connectivity index is 2.16. The van der Waals surface area contributed by atoms with Crippen LogP contribution in [0.3, 0.4) is 0 Å². The largest absolute Gasteiger partial charge is 0.508 e. The third-order valence-corrected chi connectivity index (χ3v) is 3.74. The zero-order valence-electron chi connectivity index (χ0n) is 12.7. The molecule has 1 aromatic rings. The molecule has 2 unspecified atom stereocenters. The summed E-state index contributed by atoms with van der Waals surface area (Å²) in [5.41, 5.74) is 0.894. The number of rotatable bonds is 4. The predicted molar refractivity (Wildman–Crippen MR) is 79.5 cm³/mol. The van der Waals surface area contributed by atoms with Gasteiger partial charge < -0.3 is 15.3 Å². The number of hydrogen-bond donors (Lipinski definition) is 2. The van der Waals surface area contributed by atoms with Crippen LogP contribution in [-0.2, 0) is 16.1 Å². The van der Waals surface area contributed by atoms with Crippen molar-refractivity contribution in [2.24, 2.45) is 5.92 Å². The van der Waals surface area contributed by atoms with Crippen LogP contribution in [0.5, 0.6) is 5.75 Å². The lowest BCUT2D eigenvalue weighted by Gasteiger charge is -2.38. The van der Waals surface area contributed by atoms with Gasteiger partial charge in [0.1, 0.15) is 17.8 Å². The highest BCUT2D eigenvalue weighted by Gasteiger charge is 2.37. The summed E-state index contributed by atoms with van der Waals surface area (Å²) in [5, 5.41) is 12.1. The summed E-state index contributed by atoms with van der Waals surface area (Å²) in [4.78, 5) is 26.2. The molecule has 21 heavy (non-hydrogen) atoms. The third kappa shape index (κ3) is 3.54. The predicted octanol–water partition coefficient (Wildman–Crippen LogP) is 1.65. The van der Waals surface area contributed by atoms with Gasteiger partial charge >= 0.3 is 0 Å². The molecule has 1 fully saturated rings. The van der Waals surface area contributed by atoms with Gasteiger partial charge in [0.15, 0.2) is 0 Å². The first-order valence-electron chi connectivity index (χ1n) is 7.27. The van der Waals surface area contributed by atoms with Crippen molar-refractivity contribution >= 4 is 11.8 Å². The molecule has 0 bridgehead atoms. The van der Waals surface area contributed by atoms with E-state index in [1.807, 2.05) is 13.8 Å². The standard InChI is InChI=1S/C16H22N2O3/c1-10(2)8-14-16(21)18(11(3)15(20)17-14)9-12-4-6-13(19)7-5-12/h4-7,10-11,14,19H,8-9H2,1-3H3,(H,17,20). The number of nitrogens with zero attached hydrogens (tertiary/aromatic N) is 1. The summed E-state index contributed by atoms with van der Waals surface area (Å²) >= 11 is 0. The SMILES string of the molecule is CC(C)CC1NC(=O)C(C)N(Cc2ccc(O)cc2)C1=O. The summed E-state index contributed by atoms with van der Waals surface area (Å²) < 4.78 is 0. The summed E-state index contributed by atoms with van der Waals surface area (Å²) in [7, 11) is 0. The Labute approximate surface area is 125 Å². The highest BCUT2D eigenvalue weighted by molar-refractivity contribution is 5.96. The second-order valence-electron chi connectivity index (χ2n) is 6.00. The Hall–Kier alpha value is -2.04. The van der Waals surface area contributed by atoms with Crippen LogP contribution in [0.2, 0.25) is 0 Å². The zero-order valence-corrected chi connectivity index (χ0v) is 12.7. The molecule has 0 spiro atoms. The zero-order chi connectivity index (χ0) is 15.6. The summed E-state index contributed by atoms with van der Waals surface area (Å²) in [6, 6.07) is 5.78. The number of carbonyl (C=O) groups is 2. The molecule has 0 saturated carbocycles. The number of phenols is 1. The number of phenolic OH excluding ortho intramolecular Hbond substituents is 1. The summed E-state index contributed by atoms with van der Waals surface area (Å²) in [6.45, 7) is 6.17. The smallest absolute Gasteiger partial charge is 0.246 e. The molecule has 1 saturated heterocycles. The Bertz CT molecular complexity index is 525. The average molecular weight is 290 g/mol. The molecular formula is C16H22N2O3. The van der Waals surface area contributed by atoms with Gasteiger partial charge in [0, 0.05) is 6.54 Å². The molecular weight excluding hydrogens is 268 g/mol. The average Bonchev–Trinajstić information content (AvgIpc) is 2.42. The lowest BCUT2D eigenvalue weighted by atomic mass is 9.98. The van der Waals surface area contributed by atoms with Gasteiger partial charge in [0.25, 0.3) is 0 Å². The van der Waals surface area contributed by atoms with Crippen LogP contribution in [0.4, 0.5) is 0 Å². The third-order valence-electron chi connectivity index (χ3n) is 3.74. The van der Waals surface area contributed by atoms with Crippen molar-refractivity contribution < 1.29 is 14.7 Å². The molecule has 5 nitrogen and oxygen atoms in total. The molecule has 1 aromatic carbocycles. The van der Waals surface area contributed by atoms with Crippen LogP contribution in [0.15, 0.2) is 24.3 Å². The summed E-state index contributed by atoms with van der Waals surface area (Å²) in [5.74, 6) is 0.373. The fourth-order valence-electron chi connectivity index (χ4n) is 2.53. The van der Waals surface area contributed by atoms with Gasteiger partial charge in [-0.15, -0.1) is 0 Å². The number of amides is 2. The van der Waals surface area contributed by atoms with Crippen molar-refractivity contribution in [2.75, 3.05) is 0 Å². The van der Waals surface area contributed by atoms with E-state index in [2.05, 4.69) is 5.32 Å². The number of benzene rings is 1. The Kier molecular flexibility index (Phi) is 4.50. The number of carbonyl (C=O) groups excluding carboxylic acids is 2. The van der Waals surface area contributed by atoms with Gasteiger partial charge in [-0.1, -0.05) is 26.0 Å². The number of aromatic hydroxyl groups is 1. The van der Waals surface area contributed by atoms with Crippen LogP contribution in [0, 0.1) is 5.92 Å². The minimum atomic E-state index is -0.477. The van der Waals surface area contributed by atoms with E-state index in [4.69, 9.17) is 0 Å². The van der Waals surface area contributed by atoms with Gasteiger partial charge in [0.2, 0.25) is 11.8 Å². The number of piperazine rings is 1. The normalized spacial score (nSPS) is 22.6. The molecule has 0 aromatic heterocycles. The molecule has 2 atom stereocenters. The molecule has 2 rings (SSSR count). The van der Waals surface area contributed by atoms with E-state index >= 15 is 0 Å². The van der Waals surface area contributed by atoms with Crippen LogP contribution in [0.1, 0.15) is 32.8 Å². The Morgan fingerprint density at radius 1 is 1.24 bits per heavy atom. The van der Waals surface area contributed by atoms with Crippen molar-refractivity contribution in [3.05, 3.63) is 29.8 Å². The Morgan fingerprint density at radius 2 is 1.86 bits per heavy atom. The highest BCUT2D eigenvalue weighted by Crippen LogP contribution is 2.19. The van der Waals surface area contributed by atoms with E-state index in [0.717, 1.165) is 5.56 Å². The topological polar surface area (TPSA) is 69.6 Å². The molecule has 0 aliphatic carbocycles. The van der Waals surface area contributed by atoms with Crippen LogP contribution in [0.25, 0.3) is 0 Å². The fourth-order valence-corrected chi connectivity index (χ4v) is 2.53. The first kappa shape index (κ1) is 15.4. The van der Waals surface area contributed by atoms with Crippen molar-refractivity contribution in [2.45, 2.75) is 45.8 Å². The molecule has 0 radical (unpaired) electrons. The second kappa shape index (κ2) is 6.16. The van der Waals surface area contributed by atoms with Gasteiger partial charge in [-0.3, -0.25) is 9.59 Å². The Morgan fingerprint density at radius 3 is 2.43 bits per heavy atom. The van der Waals surface area contributed by atoms with E-state index < -0.39 is 12.1 Å². The fraction of sp³-hybridized carbons (Fsp3) is 0.500. The van der Waals surface area contributed by atoms with Crippen molar-refractivity contribution in [3.8, 4) is 5.75 Å². The minimum Gasteiger partial charge on any atom is -0.508 e. The van der Waals surface area contributed by atoms with E-state index in [1.54, 1.807) is 36.1 Å². The second-order valence-corrected chi connectivity index (χ2v) is 6.00. The maximum Gasteiger partial charge on any atom is 0.246 e. The van der Waals surface area contributed by atoms with Crippen LogP contribution >= 0.6 is 0 Å². The van der Waals surface area contributed by atoms with Crippen LogP contribution in [-0.4, -0.2) is 33.9 Å². The van der Waals surface area contributed by atoms with Crippen molar-refractivity contribution in [1.29, 1.82) is 0 Å². The van der Waals surface area contributed by atoms with E-state index in [9.17, 15) is 14.7 Å². The van der Waals surface area contributed by atoms with Gasteiger partial charge in [0.05, 0.1) is 0 Å². The molecule has 2 amide bonds.